The molecule has 2 aromatic carbocycles. The van der Waals surface area contributed by atoms with Gasteiger partial charge in [0.05, 0.1) is 17.1 Å². The summed E-state index contributed by atoms with van der Waals surface area (Å²) in [5.41, 5.74) is 0.972. The first-order valence-electron chi connectivity index (χ1n) is 7.90. The van der Waals surface area contributed by atoms with Crippen LogP contribution in [0, 0.1) is 10.1 Å². The first kappa shape index (κ1) is 19.7. The number of nitro benzene ring substituents is 1. The van der Waals surface area contributed by atoms with E-state index in [9.17, 15) is 14.9 Å². The predicted octanol–water partition coefficient (Wildman–Crippen LogP) is 4.22. The van der Waals surface area contributed by atoms with Crippen LogP contribution in [0.1, 0.15) is 28.9 Å². The van der Waals surface area contributed by atoms with E-state index < -0.39 is 17.0 Å². The molecule has 0 aliphatic rings. The second-order valence-corrected chi connectivity index (χ2v) is 5.88. The van der Waals surface area contributed by atoms with Gasteiger partial charge >= 0.3 is 5.97 Å². The molecule has 0 heterocycles. The van der Waals surface area contributed by atoms with Crippen molar-refractivity contribution in [1.29, 1.82) is 0 Å². The molecule has 26 heavy (non-hydrogen) atoms. The Morgan fingerprint density at radius 1 is 1.31 bits per heavy atom. The van der Waals surface area contributed by atoms with Gasteiger partial charge in [0.15, 0.2) is 0 Å². The van der Waals surface area contributed by atoms with Gasteiger partial charge in [-0.25, -0.2) is 4.79 Å². The summed E-state index contributed by atoms with van der Waals surface area (Å²) in [4.78, 5) is 23.1. The first-order valence-corrected chi connectivity index (χ1v) is 8.28. The number of anilines is 1. The van der Waals surface area contributed by atoms with E-state index in [4.69, 9.17) is 21.1 Å². The molecule has 7 nitrogen and oxygen atoms in total. The molecule has 1 atom stereocenters. The Balaban J connectivity index is 2.25. The molecule has 0 radical (unpaired) electrons. The number of nitrogens with one attached hydrogen (secondary N) is 1. The summed E-state index contributed by atoms with van der Waals surface area (Å²) >= 11 is 6.12. The zero-order chi connectivity index (χ0) is 19.1. The van der Waals surface area contributed by atoms with Crippen LogP contribution < -0.4 is 5.32 Å². The normalized spacial score (nSPS) is 11.7. The first-order chi connectivity index (χ1) is 12.4. The average Bonchev–Trinajstić information content (AvgIpc) is 2.62. The highest BCUT2D eigenvalue weighted by molar-refractivity contribution is 6.31. The fourth-order valence-electron chi connectivity index (χ4n) is 2.35. The zero-order valence-corrected chi connectivity index (χ0v) is 15.2. The van der Waals surface area contributed by atoms with Crippen molar-refractivity contribution in [3.8, 4) is 0 Å². The van der Waals surface area contributed by atoms with Gasteiger partial charge in [-0.1, -0.05) is 29.8 Å². The monoisotopic (exact) mass is 378 g/mol. The number of hydrogen-bond donors (Lipinski definition) is 1. The number of non-ortho nitro benzene ring substituents is 1. The third-order valence-electron chi connectivity index (χ3n) is 3.68. The fourth-order valence-corrected chi connectivity index (χ4v) is 2.64. The number of ether oxygens (including phenoxy) is 2. The number of halogens is 1. The Bertz CT molecular complexity index is 797. The Kier molecular flexibility index (Phi) is 6.94. The van der Waals surface area contributed by atoms with Gasteiger partial charge in [-0.15, -0.1) is 0 Å². The quantitative estimate of drug-likeness (QED) is 0.320. The molecule has 2 rings (SSSR count). The van der Waals surface area contributed by atoms with Gasteiger partial charge in [-0.3, -0.25) is 10.1 Å². The maximum Gasteiger partial charge on any atom is 0.341 e. The number of nitrogens with zero attached hydrogens (tertiary/aromatic N) is 1. The SMILES string of the molecule is COCCNc1ccc([N+](=O)[O-])cc1C(=O)O[C@@H](C)c1ccccc1Cl. The van der Waals surface area contributed by atoms with Crippen LogP contribution >= 0.6 is 11.6 Å². The molecule has 0 aliphatic carbocycles. The summed E-state index contributed by atoms with van der Waals surface area (Å²) in [5, 5.41) is 14.5. The number of hydrogen-bond acceptors (Lipinski definition) is 6. The lowest BCUT2D eigenvalue weighted by molar-refractivity contribution is -0.384. The number of carbonyl (C=O) groups excluding carboxylic acids is 1. The molecule has 0 amide bonds. The minimum atomic E-state index is -0.680. The van der Waals surface area contributed by atoms with Crippen LogP contribution in [0.5, 0.6) is 0 Å². The van der Waals surface area contributed by atoms with E-state index in [1.54, 1.807) is 38.3 Å². The highest BCUT2D eigenvalue weighted by Gasteiger charge is 2.21. The second-order valence-electron chi connectivity index (χ2n) is 5.48. The molecule has 0 aliphatic heterocycles. The molecule has 0 aromatic heterocycles. The van der Waals surface area contributed by atoms with E-state index in [0.717, 1.165) is 0 Å². The minimum Gasteiger partial charge on any atom is -0.454 e. The summed E-state index contributed by atoms with van der Waals surface area (Å²) < 4.78 is 10.4. The van der Waals surface area contributed by atoms with E-state index >= 15 is 0 Å². The molecule has 0 saturated carbocycles. The Hall–Kier alpha value is -2.64. The van der Waals surface area contributed by atoms with Crippen LogP contribution in [0.15, 0.2) is 42.5 Å². The van der Waals surface area contributed by atoms with Crippen molar-refractivity contribution < 1.29 is 19.2 Å². The van der Waals surface area contributed by atoms with Crippen molar-refractivity contribution in [2.75, 3.05) is 25.6 Å². The lowest BCUT2D eigenvalue weighted by Crippen LogP contribution is -2.15. The number of benzene rings is 2. The van der Waals surface area contributed by atoms with E-state index in [1.165, 1.54) is 18.2 Å². The van der Waals surface area contributed by atoms with E-state index in [0.29, 0.717) is 29.4 Å². The highest BCUT2D eigenvalue weighted by atomic mass is 35.5. The van der Waals surface area contributed by atoms with Crippen molar-refractivity contribution >= 4 is 28.9 Å². The van der Waals surface area contributed by atoms with E-state index in [2.05, 4.69) is 5.32 Å². The summed E-state index contributed by atoms with van der Waals surface area (Å²) in [6.07, 6.45) is -0.609. The number of methoxy groups -OCH3 is 1. The lowest BCUT2D eigenvalue weighted by Gasteiger charge is -2.17. The summed E-state index contributed by atoms with van der Waals surface area (Å²) in [5.74, 6) is -0.680. The standard InChI is InChI=1S/C18H19ClN2O5/c1-12(14-5-3-4-6-16(14)19)26-18(22)15-11-13(21(23)24)7-8-17(15)20-9-10-25-2/h3-8,11-12,20H,9-10H2,1-2H3/t12-/m0/s1. The van der Waals surface area contributed by atoms with Gasteiger partial charge in [0.2, 0.25) is 0 Å². The Labute approximate surface area is 156 Å². The molecule has 0 spiro atoms. The van der Waals surface area contributed by atoms with E-state index in [1.807, 2.05) is 0 Å². The number of esters is 1. The minimum absolute atomic E-state index is 0.0780. The van der Waals surface area contributed by atoms with Gasteiger partial charge in [0.1, 0.15) is 6.10 Å². The van der Waals surface area contributed by atoms with Gasteiger partial charge in [-0.05, 0) is 19.1 Å². The fraction of sp³-hybridized carbons (Fsp3) is 0.278. The lowest BCUT2D eigenvalue weighted by atomic mass is 10.1. The van der Waals surface area contributed by atoms with Gasteiger partial charge < -0.3 is 14.8 Å². The maximum atomic E-state index is 12.6. The second kappa shape index (κ2) is 9.17. The average molecular weight is 379 g/mol. The van der Waals surface area contributed by atoms with Crippen LogP contribution in [0.2, 0.25) is 5.02 Å². The molecular formula is C18H19ClN2O5. The summed E-state index contributed by atoms with van der Waals surface area (Å²) in [6, 6.07) is 11.0. The van der Waals surface area contributed by atoms with Crippen molar-refractivity contribution in [2.45, 2.75) is 13.0 Å². The molecule has 0 bridgehead atoms. The van der Waals surface area contributed by atoms with Crippen LogP contribution in [0.25, 0.3) is 0 Å². The molecule has 1 N–H and O–H groups in total. The van der Waals surface area contributed by atoms with Crippen molar-refractivity contribution in [3.63, 3.8) is 0 Å². The van der Waals surface area contributed by atoms with Gasteiger partial charge in [0.25, 0.3) is 5.69 Å². The molecule has 0 fully saturated rings. The Morgan fingerprint density at radius 3 is 2.69 bits per heavy atom. The van der Waals surface area contributed by atoms with Crippen LogP contribution in [0.4, 0.5) is 11.4 Å². The molecule has 0 unspecified atom stereocenters. The highest BCUT2D eigenvalue weighted by Crippen LogP contribution is 2.28. The Morgan fingerprint density at radius 2 is 2.04 bits per heavy atom. The topological polar surface area (TPSA) is 90.7 Å². The number of carbonyl (C=O) groups is 1. The van der Waals surface area contributed by atoms with Crippen LogP contribution in [-0.4, -0.2) is 31.2 Å². The number of rotatable bonds is 8. The third kappa shape index (κ3) is 4.93. The molecule has 138 valence electrons. The van der Waals surface area contributed by atoms with Gasteiger partial charge in [-0.2, -0.15) is 0 Å². The summed E-state index contributed by atoms with van der Waals surface area (Å²) in [7, 11) is 1.55. The molecule has 2 aromatic rings. The third-order valence-corrected chi connectivity index (χ3v) is 4.03. The smallest absolute Gasteiger partial charge is 0.341 e. The molecule has 0 saturated heterocycles. The van der Waals surface area contributed by atoms with Crippen LogP contribution in [-0.2, 0) is 9.47 Å². The largest absolute Gasteiger partial charge is 0.454 e. The maximum absolute atomic E-state index is 12.6. The van der Waals surface area contributed by atoms with Crippen molar-refractivity contribution in [1.82, 2.24) is 0 Å². The zero-order valence-electron chi connectivity index (χ0n) is 14.4. The molecular weight excluding hydrogens is 360 g/mol. The van der Waals surface area contributed by atoms with Crippen molar-refractivity contribution in [3.05, 3.63) is 68.7 Å². The van der Waals surface area contributed by atoms with Crippen LogP contribution in [0.3, 0.4) is 0 Å². The van der Waals surface area contributed by atoms with Crippen molar-refractivity contribution in [2.24, 2.45) is 0 Å². The predicted molar refractivity (Wildman–Crippen MR) is 98.7 cm³/mol. The summed E-state index contributed by atoms with van der Waals surface area (Å²) in [6.45, 7) is 2.55. The van der Waals surface area contributed by atoms with E-state index in [-0.39, 0.29) is 11.3 Å². The van der Waals surface area contributed by atoms with Gasteiger partial charge in [0, 0.05) is 42.1 Å². The molecule has 8 heteroatoms. The number of nitro groups is 1.